The van der Waals surface area contributed by atoms with Crippen molar-refractivity contribution in [1.82, 2.24) is 0 Å². The smallest absolute Gasteiger partial charge is 0.00509 e. The van der Waals surface area contributed by atoms with Crippen molar-refractivity contribution in [2.75, 3.05) is 0 Å². The van der Waals surface area contributed by atoms with E-state index in [9.17, 15) is 0 Å². The van der Waals surface area contributed by atoms with Gasteiger partial charge in [0.15, 0.2) is 0 Å². The van der Waals surface area contributed by atoms with Crippen molar-refractivity contribution in [3.05, 3.63) is 29.8 Å². The van der Waals surface area contributed by atoms with E-state index in [0.717, 1.165) is 11.3 Å². The summed E-state index contributed by atoms with van der Waals surface area (Å²) in [5.41, 5.74) is 6.91. The fraction of sp³-hybridized carbons (Fsp3) is 0.455. The second-order valence-corrected chi connectivity index (χ2v) is 3.37. The van der Waals surface area contributed by atoms with Crippen molar-refractivity contribution in [3.63, 3.8) is 0 Å². The lowest BCUT2D eigenvalue weighted by molar-refractivity contribution is 0.737. The van der Waals surface area contributed by atoms with E-state index in [2.05, 4.69) is 18.7 Å². The van der Waals surface area contributed by atoms with Gasteiger partial charge in [-0.05, 0) is 31.0 Å². The normalized spacial score (nSPS) is 11.5. The Hall–Kier alpha value is -0.470. The van der Waals surface area contributed by atoms with Crippen molar-refractivity contribution < 1.29 is 0 Å². The second-order valence-electron chi connectivity index (χ2n) is 2.85. The van der Waals surface area contributed by atoms with Crippen molar-refractivity contribution in [2.45, 2.75) is 38.1 Å². The molecule has 0 aliphatic heterocycles. The predicted molar refractivity (Wildman–Crippen MR) is 62.4 cm³/mol. The van der Waals surface area contributed by atoms with Crippen molar-refractivity contribution in [2.24, 2.45) is 5.73 Å². The predicted octanol–water partition coefficient (Wildman–Crippen LogP) is 2.89. The average Bonchev–Trinajstić information content (AvgIpc) is 2.06. The molecule has 1 aromatic carbocycles. The number of benzene rings is 1. The monoisotopic (exact) mass is 197 g/mol. The molecule has 1 rings (SSSR count). The molecule has 13 heavy (non-hydrogen) atoms. The Morgan fingerprint density at radius 1 is 1.38 bits per heavy atom. The quantitative estimate of drug-likeness (QED) is 0.701. The molecule has 0 radical (unpaired) electrons. The van der Waals surface area contributed by atoms with Crippen molar-refractivity contribution >= 4 is 12.6 Å². The van der Waals surface area contributed by atoms with E-state index in [4.69, 9.17) is 5.73 Å². The van der Waals surface area contributed by atoms with Gasteiger partial charge in [-0.15, -0.1) is 12.6 Å². The minimum absolute atomic E-state index is 0.227. The summed E-state index contributed by atoms with van der Waals surface area (Å²) in [5.74, 6) is 0. The Bertz CT molecular complexity index is 233. The highest BCUT2D eigenvalue weighted by Crippen LogP contribution is 2.09. The first-order valence-electron chi connectivity index (χ1n) is 4.72. The largest absolute Gasteiger partial charge is 0.328 e. The molecule has 2 heteroatoms. The minimum atomic E-state index is 0.227. The molecule has 0 aliphatic rings. The highest BCUT2D eigenvalue weighted by molar-refractivity contribution is 7.80. The van der Waals surface area contributed by atoms with Crippen LogP contribution in [0.25, 0.3) is 0 Å². The van der Waals surface area contributed by atoms with Crippen LogP contribution in [-0.2, 0) is 6.42 Å². The molecule has 0 fully saturated rings. The molecule has 1 atom stereocenters. The average molecular weight is 197 g/mol. The SMILES string of the molecule is CC.CC(N)Cc1cccc(S)c1. The molecular formula is C11H19NS. The molecule has 0 saturated carbocycles. The van der Waals surface area contributed by atoms with Gasteiger partial charge in [0.2, 0.25) is 0 Å². The Labute approximate surface area is 86.8 Å². The summed E-state index contributed by atoms with van der Waals surface area (Å²) in [7, 11) is 0. The van der Waals surface area contributed by atoms with Crippen LogP contribution < -0.4 is 5.73 Å². The molecule has 2 N–H and O–H groups in total. The molecular weight excluding hydrogens is 178 g/mol. The summed E-state index contributed by atoms with van der Waals surface area (Å²) in [6, 6.07) is 8.31. The second kappa shape index (κ2) is 6.98. The number of hydrogen-bond acceptors (Lipinski definition) is 2. The van der Waals surface area contributed by atoms with Crippen LogP contribution in [-0.4, -0.2) is 6.04 Å². The summed E-state index contributed by atoms with van der Waals surface area (Å²) < 4.78 is 0. The Kier molecular flexibility index (Phi) is 6.73. The van der Waals surface area contributed by atoms with E-state index in [0.29, 0.717) is 0 Å². The maximum Gasteiger partial charge on any atom is 0.00509 e. The topological polar surface area (TPSA) is 26.0 Å². The highest BCUT2D eigenvalue weighted by atomic mass is 32.1. The first-order valence-corrected chi connectivity index (χ1v) is 5.16. The molecule has 1 nitrogen and oxygen atoms in total. The standard InChI is InChI=1S/C9H13NS.C2H6/c1-7(10)5-8-3-2-4-9(11)6-8;1-2/h2-4,6-7,11H,5,10H2,1H3;1-2H3. The Balaban J connectivity index is 0.000000671. The molecule has 0 aliphatic carbocycles. The third-order valence-electron chi connectivity index (χ3n) is 1.47. The van der Waals surface area contributed by atoms with E-state index in [1.165, 1.54) is 5.56 Å². The molecule has 0 saturated heterocycles. The van der Waals surface area contributed by atoms with Gasteiger partial charge >= 0.3 is 0 Å². The summed E-state index contributed by atoms with van der Waals surface area (Å²) in [6.45, 7) is 6.01. The van der Waals surface area contributed by atoms with Crippen LogP contribution in [0, 0.1) is 0 Å². The minimum Gasteiger partial charge on any atom is -0.328 e. The van der Waals surface area contributed by atoms with Gasteiger partial charge in [-0.2, -0.15) is 0 Å². The number of nitrogens with two attached hydrogens (primary N) is 1. The zero-order valence-electron chi connectivity index (χ0n) is 8.62. The van der Waals surface area contributed by atoms with E-state index >= 15 is 0 Å². The van der Waals surface area contributed by atoms with Gasteiger partial charge in [-0.1, -0.05) is 26.0 Å². The lowest BCUT2D eigenvalue weighted by Crippen LogP contribution is -2.17. The molecule has 0 aromatic heterocycles. The van der Waals surface area contributed by atoms with Crippen LogP contribution in [0.1, 0.15) is 26.3 Å². The molecule has 0 heterocycles. The molecule has 1 unspecified atom stereocenters. The van der Waals surface area contributed by atoms with Crippen LogP contribution >= 0.6 is 12.6 Å². The highest BCUT2D eigenvalue weighted by Gasteiger charge is 1.96. The van der Waals surface area contributed by atoms with E-state index in [1.54, 1.807) is 0 Å². The Morgan fingerprint density at radius 3 is 2.46 bits per heavy atom. The van der Waals surface area contributed by atoms with Gasteiger partial charge in [-0.25, -0.2) is 0 Å². The van der Waals surface area contributed by atoms with Crippen molar-refractivity contribution in [1.29, 1.82) is 0 Å². The first kappa shape index (κ1) is 12.5. The van der Waals surface area contributed by atoms with E-state index < -0.39 is 0 Å². The fourth-order valence-electron chi connectivity index (χ4n) is 1.06. The molecule has 0 amide bonds. The van der Waals surface area contributed by atoms with Gasteiger partial charge in [0.1, 0.15) is 0 Å². The van der Waals surface area contributed by atoms with Crippen molar-refractivity contribution in [3.8, 4) is 0 Å². The number of rotatable bonds is 2. The van der Waals surface area contributed by atoms with E-state index in [1.807, 2.05) is 39.0 Å². The van der Waals surface area contributed by atoms with Gasteiger partial charge in [0, 0.05) is 10.9 Å². The fourth-order valence-corrected chi connectivity index (χ4v) is 1.31. The molecule has 74 valence electrons. The molecule has 1 aromatic rings. The third kappa shape index (κ3) is 5.72. The van der Waals surface area contributed by atoms with Crippen LogP contribution in [0.3, 0.4) is 0 Å². The van der Waals surface area contributed by atoms with Crippen LogP contribution in [0.15, 0.2) is 29.2 Å². The third-order valence-corrected chi connectivity index (χ3v) is 1.75. The lowest BCUT2D eigenvalue weighted by atomic mass is 10.1. The van der Waals surface area contributed by atoms with E-state index in [-0.39, 0.29) is 6.04 Å². The van der Waals surface area contributed by atoms with Gasteiger partial charge in [0.05, 0.1) is 0 Å². The van der Waals surface area contributed by atoms with Gasteiger partial charge in [0.25, 0.3) is 0 Å². The van der Waals surface area contributed by atoms with Gasteiger partial charge < -0.3 is 5.73 Å². The number of thiol groups is 1. The summed E-state index contributed by atoms with van der Waals surface area (Å²) >= 11 is 4.24. The molecule has 0 spiro atoms. The zero-order chi connectivity index (χ0) is 10.3. The van der Waals surface area contributed by atoms with Gasteiger partial charge in [-0.3, -0.25) is 0 Å². The first-order chi connectivity index (χ1) is 6.18. The Morgan fingerprint density at radius 2 is 2.00 bits per heavy atom. The maximum absolute atomic E-state index is 5.65. The summed E-state index contributed by atoms with van der Waals surface area (Å²) in [4.78, 5) is 1.00. The maximum atomic E-state index is 5.65. The number of hydrogen-bond donors (Lipinski definition) is 2. The summed E-state index contributed by atoms with van der Waals surface area (Å²) in [6.07, 6.45) is 0.925. The summed E-state index contributed by atoms with van der Waals surface area (Å²) in [5, 5.41) is 0. The van der Waals surface area contributed by atoms with Crippen LogP contribution in [0.5, 0.6) is 0 Å². The zero-order valence-corrected chi connectivity index (χ0v) is 9.51. The molecule has 0 bridgehead atoms. The van der Waals surface area contributed by atoms with Crippen LogP contribution in [0.4, 0.5) is 0 Å². The van der Waals surface area contributed by atoms with Crippen LogP contribution in [0.2, 0.25) is 0 Å². The lowest BCUT2D eigenvalue weighted by Gasteiger charge is -2.04.